The van der Waals surface area contributed by atoms with Crippen LogP contribution in [0.25, 0.3) is 0 Å². The van der Waals surface area contributed by atoms with E-state index in [1.807, 2.05) is 0 Å². The summed E-state index contributed by atoms with van der Waals surface area (Å²) in [4.78, 5) is 38.8. The van der Waals surface area contributed by atoms with Gasteiger partial charge in [0.15, 0.2) is 24.0 Å². The SMILES string of the molecule is CO[C@@H]1[C@H](O)[C@@H](C)O[C@@H](OCC2C(C)OC(=O)/C=C\C(C)C(O[C@@H]3O[C@H](C)C[C@@]4(OC(=O)O[C@H]4C)[C@H]3O)C(C)CC(C)(O)C(=O)/C=C/C3OC32)[C@@H]1OC. The van der Waals surface area contributed by atoms with Crippen molar-refractivity contribution in [1.82, 2.24) is 0 Å². The van der Waals surface area contributed by atoms with E-state index in [1.165, 1.54) is 33.3 Å². The molecule has 0 aliphatic carbocycles. The molecule has 0 bridgehead atoms. The highest BCUT2D eigenvalue weighted by molar-refractivity contribution is 5.96. The van der Waals surface area contributed by atoms with E-state index >= 15 is 0 Å². The van der Waals surface area contributed by atoms with Crippen LogP contribution < -0.4 is 0 Å². The fourth-order valence-electron chi connectivity index (χ4n) is 8.04. The number of hydrogen-bond donors (Lipinski definition) is 3. The van der Waals surface area contributed by atoms with E-state index in [4.69, 9.17) is 47.4 Å². The number of ketones is 1. The number of carbonyl (C=O) groups excluding carboxylic acids is 3. The van der Waals surface area contributed by atoms with Crippen molar-refractivity contribution in [3.8, 4) is 0 Å². The molecule has 300 valence electrons. The Bertz CT molecular complexity index is 1370. The Morgan fingerprint density at radius 2 is 1.53 bits per heavy atom. The molecule has 53 heavy (non-hydrogen) atoms. The smallest absolute Gasteiger partial charge is 0.459 e. The topological polar surface area (TPSA) is 207 Å². The summed E-state index contributed by atoms with van der Waals surface area (Å²) in [7, 11) is 2.92. The van der Waals surface area contributed by atoms with Crippen LogP contribution in [-0.2, 0) is 57.0 Å². The van der Waals surface area contributed by atoms with E-state index in [1.54, 1.807) is 53.7 Å². The molecule has 8 unspecified atom stereocenters. The first-order valence-electron chi connectivity index (χ1n) is 18.3. The van der Waals surface area contributed by atoms with E-state index in [2.05, 4.69) is 0 Å². The maximum atomic E-state index is 13.4. The van der Waals surface area contributed by atoms with Crippen LogP contribution in [0.15, 0.2) is 24.3 Å². The van der Waals surface area contributed by atoms with E-state index in [9.17, 15) is 29.7 Å². The maximum absolute atomic E-state index is 13.4. The average Bonchev–Trinajstić information content (AvgIpc) is 3.79. The van der Waals surface area contributed by atoms with Crippen molar-refractivity contribution < 1.29 is 77.1 Å². The molecular formula is C37H56O16. The zero-order valence-corrected chi connectivity index (χ0v) is 31.8. The molecule has 16 heteroatoms. The van der Waals surface area contributed by atoms with Gasteiger partial charge in [-0.1, -0.05) is 19.9 Å². The van der Waals surface area contributed by atoms with E-state index in [-0.39, 0.29) is 19.4 Å². The van der Waals surface area contributed by atoms with Crippen LogP contribution in [0.2, 0.25) is 0 Å². The fraction of sp³-hybridized carbons (Fsp3) is 0.811. The third kappa shape index (κ3) is 8.98. The van der Waals surface area contributed by atoms with E-state index < -0.39 is 127 Å². The van der Waals surface area contributed by atoms with Gasteiger partial charge in [-0.15, -0.1) is 0 Å². The first kappa shape index (κ1) is 41.6. The average molecular weight is 757 g/mol. The molecule has 0 saturated carbocycles. The van der Waals surface area contributed by atoms with Crippen LogP contribution in [0.3, 0.4) is 0 Å². The molecule has 18 atom stereocenters. The minimum absolute atomic E-state index is 0.00493. The Hall–Kier alpha value is -2.51. The van der Waals surface area contributed by atoms with Gasteiger partial charge >= 0.3 is 12.1 Å². The van der Waals surface area contributed by atoms with Crippen molar-refractivity contribution in [2.24, 2.45) is 17.8 Å². The van der Waals surface area contributed by atoms with Crippen molar-refractivity contribution >= 4 is 17.9 Å². The van der Waals surface area contributed by atoms with Gasteiger partial charge < -0.3 is 62.7 Å². The van der Waals surface area contributed by atoms with Gasteiger partial charge in [-0.3, -0.25) is 4.79 Å². The number of esters is 1. The molecule has 4 fully saturated rings. The third-order valence-electron chi connectivity index (χ3n) is 11.2. The van der Waals surface area contributed by atoms with Crippen molar-refractivity contribution in [3.05, 3.63) is 24.3 Å². The normalized spacial score (nSPS) is 49.4. The molecule has 5 rings (SSSR count). The monoisotopic (exact) mass is 756 g/mol. The highest BCUT2D eigenvalue weighted by Gasteiger charge is 2.61. The van der Waals surface area contributed by atoms with E-state index in [0.29, 0.717) is 0 Å². The standard InChI is InChI=1S/C37H56O16/c1-17-10-13-26(39)48-20(4)23(16-46-33-31(45-9)30(44-8)27(40)21(5)49-33)29-24(51-29)11-12-25(38)36(7,43)14-18(2)28(17)52-34-32(41)37(15-19(3)47-34)22(6)50-35(42)53-37/h10-13,17-24,27-34,40-41,43H,14-16H2,1-9H3/b12-11+,13-10-/t17?,18?,19-,20?,21-,22+,23?,24?,27-,28?,29?,30-,31-,32+,33-,34+,36?,37+/m1/s1. The summed E-state index contributed by atoms with van der Waals surface area (Å²) in [6, 6.07) is 0. The zero-order chi connectivity index (χ0) is 39.0. The summed E-state index contributed by atoms with van der Waals surface area (Å²) in [5.74, 6) is -2.80. The number of methoxy groups -OCH3 is 2. The van der Waals surface area contributed by atoms with Gasteiger partial charge in [-0.25, -0.2) is 9.59 Å². The molecular weight excluding hydrogens is 700 g/mol. The lowest BCUT2D eigenvalue weighted by atomic mass is 9.81. The number of fused-ring (bicyclic) bond motifs is 1. The van der Waals surface area contributed by atoms with Crippen molar-refractivity contribution in [3.63, 3.8) is 0 Å². The van der Waals surface area contributed by atoms with Crippen molar-refractivity contribution in [2.75, 3.05) is 20.8 Å². The molecule has 0 aromatic rings. The van der Waals surface area contributed by atoms with Crippen LogP contribution in [0.1, 0.15) is 61.3 Å². The summed E-state index contributed by atoms with van der Waals surface area (Å²) in [6.45, 7) is 11.8. The highest BCUT2D eigenvalue weighted by atomic mass is 16.8. The summed E-state index contributed by atoms with van der Waals surface area (Å²) in [5, 5.41) is 33.5. The number of rotatable bonds is 7. The first-order chi connectivity index (χ1) is 24.9. The lowest BCUT2D eigenvalue weighted by Gasteiger charge is -2.46. The summed E-state index contributed by atoms with van der Waals surface area (Å²) in [6.07, 6.45) is -5.61. The Morgan fingerprint density at radius 3 is 2.17 bits per heavy atom. The second-order valence-corrected chi connectivity index (χ2v) is 15.3. The van der Waals surface area contributed by atoms with Crippen LogP contribution in [0.5, 0.6) is 0 Å². The number of ether oxygens (including phenoxy) is 10. The van der Waals surface area contributed by atoms with Gasteiger partial charge in [-0.05, 0) is 59.1 Å². The second-order valence-electron chi connectivity index (χ2n) is 15.3. The predicted molar refractivity (Wildman–Crippen MR) is 182 cm³/mol. The molecule has 0 aromatic carbocycles. The lowest BCUT2D eigenvalue weighted by Crippen LogP contribution is -2.62. The van der Waals surface area contributed by atoms with Crippen molar-refractivity contribution in [1.29, 1.82) is 0 Å². The molecule has 0 amide bonds. The Morgan fingerprint density at radius 1 is 0.830 bits per heavy atom. The number of aliphatic hydroxyl groups is 3. The largest absolute Gasteiger partial charge is 0.509 e. The fourth-order valence-corrected chi connectivity index (χ4v) is 8.04. The third-order valence-corrected chi connectivity index (χ3v) is 11.2. The van der Waals surface area contributed by atoms with Gasteiger partial charge in [0.25, 0.3) is 0 Å². The molecule has 1 spiro atoms. The molecule has 16 nitrogen and oxygen atoms in total. The Balaban J connectivity index is 1.37. The van der Waals surface area contributed by atoms with Gasteiger partial charge in [-0.2, -0.15) is 0 Å². The van der Waals surface area contributed by atoms with Gasteiger partial charge in [0, 0.05) is 38.6 Å². The Kier molecular flexibility index (Phi) is 13.1. The number of hydrogen-bond acceptors (Lipinski definition) is 16. The van der Waals surface area contributed by atoms with Crippen LogP contribution >= 0.6 is 0 Å². The van der Waals surface area contributed by atoms with Gasteiger partial charge in [0.05, 0.1) is 31.0 Å². The summed E-state index contributed by atoms with van der Waals surface area (Å²) < 4.78 is 58.1. The minimum atomic E-state index is -1.83. The second kappa shape index (κ2) is 16.7. The molecule has 0 aromatic heterocycles. The number of epoxide rings is 1. The summed E-state index contributed by atoms with van der Waals surface area (Å²) in [5.41, 5.74) is -3.23. The van der Waals surface area contributed by atoms with Crippen LogP contribution in [-0.4, -0.2) is 145 Å². The first-order valence-corrected chi connectivity index (χ1v) is 18.3. The molecule has 4 saturated heterocycles. The number of carbonyl (C=O) groups is 3. The van der Waals surface area contributed by atoms with E-state index in [0.717, 1.165) is 0 Å². The maximum Gasteiger partial charge on any atom is 0.509 e. The molecule has 5 heterocycles. The Labute approximate surface area is 309 Å². The quantitative estimate of drug-likeness (QED) is 0.250. The van der Waals surface area contributed by atoms with Crippen LogP contribution in [0.4, 0.5) is 4.79 Å². The number of cyclic esters (lactones) is 2. The zero-order valence-electron chi connectivity index (χ0n) is 31.8. The summed E-state index contributed by atoms with van der Waals surface area (Å²) >= 11 is 0. The lowest BCUT2D eigenvalue weighted by molar-refractivity contribution is -0.309. The molecule has 3 N–H and O–H groups in total. The van der Waals surface area contributed by atoms with Gasteiger partial charge in [0.1, 0.15) is 48.3 Å². The van der Waals surface area contributed by atoms with Gasteiger partial charge in [0.2, 0.25) is 0 Å². The molecule has 5 aliphatic heterocycles. The predicted octanol–water partition coefficient (Wildman–Crippen LogP) is 1.74. The molecule has 0 radical (unpaired) electrons. The van der Waals surface area contributed by atoms with Crippen molar-refractivity contribution in [2.45, 2.75) is 152 Å². The molecule has 5 aliphatic rings. The highest BCUT2D eigenvalue weighted by Crippen LogP contribution is 2.43. The van der Waals surface area contributed by atoms with Crippen LogP contribution in [0, 0.1) is 17.8 Å². The minimum Gasteiger partial charge on any atom is -0.459 e. The number of aliphatic hydroxyl groups excluding tert-OH is 2.